The number of benzene rings is 1. The summed E-state index contributed by atoms with van der Waals surface area (Å²) in [6, 6.07) is 8.29. The average molecular weight is 307 g/mol. The highest BCUT2D eigenvalue weighted by molar-refractivity contribution is 6.20. The van der Waals surface area contributed by atoms with Gasteiger partial charge in [0.2, 0.25) is 0 Å². The van der Waals surface area contributed by atoms with Crippen molar-refractivity contribution < 1.29 is 8.81 Å². The van der Waals surface area contributed by atoms with Crippen molar-refractivity contribution in [2.75, 3.05) is 0 Å². The van der Waals surface area contributed by atoms with Crippen LogP contribution < -0.4 is 0 Å². The molecule has 0 bridgehead atoms. The van der Waals surface area contributed by atoms with Gasteiger partial charge in [-0.05, 0) is 51.1 Å². The molecular formula is C16H16ClFN2O. The molecule has 110 valence electrons. The van der Waals surface area contributed by atoms with Crippen LogP contribution in [0.2, 0.25) is 0 Å². The fourth-order valence-electron chi connectivity index (χ4n) is 2.58. The molecule has 2 atom stereocenters. The quantitative estimate of drug-likeness (QED) is 0.639. The van der Waals surface area contributed by atoms with Gasteiger partial charge in [0.05, 0.1) is 22.5 Å². The topological polar surface area (TPSA) is 31.0 Å². The molecule has 2 heterocycles. The van der Waals surface area contributed by atoms with E-state index in [1.54, 1.807) is 6.07 Å². The van der Waals surface area contributed by atoms with E-state index >= 15 is 0 Å². The minimum absolute atomic E-state index is 0.110. The number of furan rings is 1. The van der Waals surface area contributed by atoms with Crippen molar-refractivity contribution in [2.24, 2.45) is 0 Å². The van der Waals surface area contributed by atoms with Gasteiger partial charge in [0.25, 0.3) is 0 Å². The molecule has 3 rings (SSSR count). The first-order chi connectivity index (χ1) is 9.97. The molecule has 0 saturated carbocycles. The highest BCUT2D eigenvalue weighted by Crippen LogP contribution is 2.31. The van der Waals surface area contributed by atoms with Gasteiger partial charge in [-0.2, -0.15) is 0 Å². The standard InChI is InChI=1S/C16H16ClFN2O/c1-9-4-7-15(21-9)11(3)20-14-8-12(18)5-6-13(14)19-16(20)10(2)17/h4-8,10-11H,1-3H3. The second-order valence-electron chi connectivity index (χ2n) is 5.21. The Hall–Kier alpha value is -1.81. The summed E-state index contributed by atoms with van der Waals surface area (Å²) in [5.74, 6) is 2.06. The van der Waals surface area contributed by atoms with Crippen LogP contribution in [0.25, 0.3) is 11.0 Å². The van der Waals surface area contributed by atoms with Crippen LogP contribution in [0.4, 0.5) is 4.39 Å². The molecule has 0 aliphatic carbocycles. The maximum Gasteiger partial charge on any atom is 0.128 e. The Morgan fingerprint density at radius 1 is 1.24 bits per heavy atom. The van der Waals surface area contributed by atoms with E-state index in [2.05, 4.69) is 4.98 Å². The number of nitrogens with zero attached hydrogens (tertiary/aromatic N) is 2. The molecule has 2 unspecified atom stereocenters. The summed E-state index contributed by atoms with van der Waals surface area (Å²) < 4.78 is 21.2. The molecule has 3 aromatic rings. The number of alkyl halides is 1. The van der Waals surface area contributed by atoms with Crippen LogP contribution >= 0.6 is 11.6 Å². The molecule has 0 saturated heterocycles. The van der Waals surface area contributed by atoms with Crippen molar-refractivity contribution in [1.29, 1.82) is 0 Å². The van der Waals surface area contributed by atoms with Crippen LogP contribution in [0.3, 0.4) is 0 Å². The molecule has 2 aromatic heterocycles. The Kier molecular flexibility index (Phi) is 3.49. The summed E-state index contributed by atoms with van der Waals surface area (Å²) in [5.41, 5.74) is 1.45. The third-order valence-electron chi connectivity index (χ3n) is 3.59. The number of halogens is 2. The summed E-state index contributed by atoms with van der Waals surface area (Å²) in [6.07, 6.45) is 0. The maximum atomic E-state index is 13.6. The number of aromatic nitrogens is 2. The van der Waals surface area contributed by atoms with E-state index in [-0.39, 0.29) is 17.2 Å². The Morgan fingerprint density at radius 2 is 2.00 bits per heavy atom. The average Bonchev–Trinajstić information content (AvgIpc) is 3.01. The van der Waals surface area contributed by atoms with Gasteiger partial charge in [-0.15, -0.1) is 11.6 Å². The molecule has 21 heavy (non-hydrogen) atoms. The Labute approximate surface area is 127 Å². The van der Waals surface area contributed by atoms with Gasteiger partial charge in [-0.25, -0.2) is 9.37 Å². The van der Waals surface area contributed by atoms with Gasteiger partial charge in [0.15, 0.2) is 0 Å². The van der Waals surface area contributed by atoms with Gasteiger partial charge in [0.1, 0.15) is 23.2 Å². The molecule has 0 spiro atoms. The van der Waals surface area contributed by atoms with Crippen LogP contribution in [0.15, 0.2) is 34.7 Å². The predicted molar refractivity (Wildman–Crippen MR) is 81.2 cm³/mol. The lowest BCUT2D eigenvalue weighted by atomic mass is 10.2. The largest absolute Gasteiger partial charge is 0.464 e. The van der Waals surface area contributed by atoms with E-state index in [0.717, 1.165) is 22.6 Å². The van der Waals surface area contributed by atoms with Gasteiger partial charge in [0, 0.05) is 0 Å². The van der Waals surface area contributed by atoms with Gasteiger partial charge >= 0.3 is 0 Å². The highest BCUT2D eigenvalue weighted by Gasteiger charge is 2.22. The number of hydrogen-bond acceptors (Lipinski definition) is 2. The number of hydrogen-bond donors (Lipinski definition) is 0. The summed E-state index contributed by atoms with van der Waals surface area (Å²) in [6.45, 7) is 5.75. The fraction of sp³-hybridized carbons (Fsp3) is 0.312. The molecule has 0 aliphatic rings. The lowest BCUT2D eigenvalue weighted by Gasteiger charge is -2.16. The molecule has 1 aromatic carbocycles. The second-order valence-corrected chi connectivity index (χ2v) is 5.87. The third-order valence-corrected chi connectivity index (χ3v) is 3.79. The summed E-state index contributed by atoms with van der Waals surface area (Å²) >= 11 is 6.25. The first-order valence-electron chi connectivity index (χ1n) is 6.85. The van der Waals surface area contributed by atoms with E-state index in [1.165, 1.54) is 12.1 Å². The SMILES string of the molecule is Cc1ccc(C(C)n2c(C(C)Cl)nc3ccc(F)cc32)o1. The highest BCUT2D eigenvalue weighted by atomic mass is 35.5. The van der Waals surface area contributed by atoms with Crippen molar-refractivity contribution in [3.63, 3.8) is 0 Å². The van der Waals surface area contributed by atoms with Crippen LogP contribution in [-0.4, -0.2) is 9.55 Å². The molecule has 0 N–H and O–H groups in total. The van der Waals surface area contributed by atoms with Crippen LogP contribution in [0.1, 0.15) is 42.6 Å². The molecule has 0 amide bonds. The van der Waals surface area contributed by atoms with Crippen molar-refractivity contribution in [3.8, 4) is 0 Å². The first kappa shape index (κ1) is 14.1. The number of fused-ring (bicyclic) bond motifs is 1. The van der Waals surface area contributed by atoms with Crippen LogP contribution in [0, 0.1) is 12.7 Å². The fourth-order valence-corrected chi connectivity index (χ4v) is 2.73. The van der Waals surface area contributed by atoms with Crippen LogP contribution in [0.5, 0.6) is 0 Å². The predicted octanol–water partition coefficient (Wildman–Crippen LogP) is 4.99. The molecule has 3 nitrogen and oxygen atoms in total. The van der Waals surface area contributed by atoms with Crippen molar-refractivity contribution >= 4 is 22.6 Å². The zero-order chi connectivity index (χ0) is 15.1. The summed E-state index contributed by atoms with van der Waals surface area (Å²) in [7, 11) is 0. The number of rotatable bonds is 3. The lowest BCUT2D eigenvalue weighted by molar-refractivity contribution is 0.427. The number of aryl methyl sites for hydroxylation is 1. The molecule has 0 radical (unpaired) electrons. The monoisotopic (exact) mass is 306 g/mol. The smallest absolute Gasteiger partial charge is 0.128 e. The van der Waals surface area contributed by atoms with Crippen LogP contribution in [-0.2, 0) is 0 Å². The van der Waals surface area contributed by atoms with E-state index in [1.807, 2.05) is 37.5 Å². The normalized spacial score (nSPS) is 14.5. The summed E-state index contributed by atoms with van der Waals surface area (Å²) in [4.78, 5) is 4.53. The van der Waals surface area contributed by atoms with Crippen molar-refractivity contribution in [3.05, 3.63) is 53.5 Å². The van der Waals surface area contributed by atoms with Gasteiger partial charge in [-0.1, -0.05) is 0 Å². The second kappa shape index (κ2) is 5.19. The molecule has 0 aliphatic heterocycles. The minimum atomic E-state index is -0.291. The Bertz CT molecular complexity index is 791. The van der Waals surface area contributed by atoms with Crippen molar-refractivity contribution in [2.45, 2.75) is 32.2 Å². The van der Waals surface area contributed by atoms with E-state index in [4.69, 9.17) is 16.0 Å². The maximum absolute atomic E-state index is 13.6. The van der Waals surface area contributed by atoms with Gasteiger partial charge in [-0.3, -0.25) is 0 Å². The molecular weight excluding hydrogens is 291 g/mol. The zero-order valence-electron chi connectivity index (χ0n) is 12.1. The van der Waals surface area contributed by atoms with E-state index in [9.17, 15) is 4.39 Å². The summed E-state index contributed by atoms with van der Waals surface area (Å²) in [5, 5.41) is -0.279. The molecule has 0 fully saturated rings. The third kappa shape index (κ3) is 2.44. The Balaban J connectivity index is 2.23. The number of imidazole rings is 1. The zero-order valence-corrected chi connectivity index (χ0v) is 12.9. The van der Waals surface area contributed by atoms with Gasteiger partial charge < -0.3 is 8.98 Å². The first-order valence-corrected chi connectivity index (χ1v) is 7.29. The van der Waals surface area contributed by atoms with E-state index in [0.29, 0.717) is 5.82 Å². The minimum Gasteiger partial charge on any atom is -0.464 e. The van der Waals surface area contributed by atoms with E-state index < -0.39 is 0 Å². The lowest BCUT2D eigenvalue weighted by Crippen LogP contribution is -2.10. The van der Waals surface area contributed by atoms with Crippen molar-refractivity contribution in [1.82, 2.24) is 9.55 Å². The Morgan fingerprint density at radius 3 is 2.62 bits per heavy atom. The molecule has 5 heteroatoms.